The normalized spacial score (nSPS) is 12.7. The van der Waals surface area contributed by atoms with Crippen molar-refractivity contribution in [2.75, 3.05) is 4.90 Å². The van der Waals surface area contributed by atoms with E-state index >= 15 is 0 Å². The number of aromatic nitrogens is 1. The van der Waals surface area contributed by atoms with Crippen molar-refractivity contribution in [3.8, 4) is 39.1 Å². The van der Waals surface area contributed by atoms with Gasteiger partial charge in [-0.1, -0.05) is 194 Å². The van der Waals surface area contributed by atoms with E-state index in [2.05, 4.69) is 270 Å². The Morgan fingerprint density at radius 3 is 1.51 bits per heavy atom. The number of furan rings is 1. The highest BCUT2D eigenvalue weighted by Gasteiger charge is 2.46. The van der Waals surface area contributed by atoms with Gasteiger partial charge >= 0.3 is 0 Å². The van der Waals surface area contributed by atoms with Crippen LogP contribution in [0, 0.1) is 0 Å². The Morgan fingerprint density at radius 2 is 0.843 bits per heavy atom. The van der Waals surface area contributed by atoms with Crippen LogP contribution >= 0.6 is 0 Å². The molecule has 0 radical (unpaired) electrons. The van der Waals surface area contributed by atoms with E-state index in [1.165, 1.54) is 60.8 Å². The fourth-order valence-electron chi connectivity index (χ4n) is 11.6. The maximum Gasteiger partial charge on any atom is 0.136 e. The molecule has 3 nitrogen and oxygen atoms in total. The number of benzene rings is 11. The third-order valence-electron chi connectivity index (χ3n) is 14.7. The van der Waals surface area contributed by atoms with Crippen molar-refractivity contribution in [3.63, 3.8) is 0 Å². The molecule has 70 heavy (non-hydrogen) atoms. The third kappa shape index (κ3) is 6.08. The maximum absolute atomic E-state index is 6.34. The third-order valence-corrected chi connectivity index (χ3v) is 14.7. The van der Waals surface area contributed by atoms with E-state index in [0.29, 0.717) is 0 Å². The van der Waals surface area contributed by atoms with Crippen LogP contribution in [0.5, 0.6) is 0 Å². The van der Waals surface area contributed by atoms with E-state index in [9.17, 15) is 0 Å². The number of rotatable bonds is 8. The van der Waals surface area contributed by atoms with Crippen LogP contribution in [0.25, 0.3) is 82.8 Å². The quantitative estimate of drug-likeness (QED) is 0.152. The first-order valence-electron chi connectivity index (χ1n) is 24.1. The average molecular weight is 893 g/mol. The zero-order valence-electron chi connectivity index (χ0n) is 38.2. The van der Waals surface area contributed by atoms with Gasteiger partial charge in [-0.25, -0.2) is 0 Å². The number of para-hydroxylation sites is 2. The van der Waals surface area contributed by atoms with Gasteiger partial charge in [-0.15, -0.1) is 0 Å². The molecule has 0 unspecified atom stereocenters. The predicted molar refractivity (Wildman–Crippen MR) is 291 cm³/mol. The topological polar surface area (TPSA) is 21.3 Å². The van der Waals surface area contributed by atoms with Crippen LogP contribution in [0.15, 0.2) is 271 Å². The van der Waals surface area contributed by atoms with Crippen molar-refractivity contribution >= 4 is 60.8 Å². The van der Waals surface area contributed by atoms with Crippen LogP contribution in [-0.4, -0.2) is 4.57 Å². The molecule has 14 rings (SSSR count). The van der Waals surface area contributed by atoms with Crippen LogP contribution in [0.2, 0.25) is 0 Å². The number of nitrogens with zero attached hydrogens (tertiary/aromatic N) is 2. The molecule has 0 bridgehead atoms. The molecule has 0 spiro atoms. The minimum atomic E-state index is -0.511. The summed E-state index contributed by atoms with van der Waals surface area (Å²) in [5, 5.41) is 4.74. The first kappa shape index (κ1) is 39.9. The van der Waals surface area contributed by atoms with E-state index < -0.39 is 5.41 Å². The van der Waals surface area contributed by atoms with Crippen molar-refractivity contribution in [1.29, 1.82) is 0 Å². The summed E-state index contributed by atoms with van der Waals surface area (Å²) < 4.78 is 8.73. The van der Waals surface area contributed by atoms with Crippen molar-refractivity contribution in [1.82, 2.24) is 4.57 Å². The van der Waals surface area contributed by atoms with Gasteiger partial charge < -0.3 is 13.9 Å². The summed E-state index contributed by atoms with van der Waals surface area (Å²) in [5.41, 5.74) is 20.3. The Hall–Kier alpha value is -9.18. The number of hydrogen-bond acceptors (Lipinski definition) is 2. The molecule has 11 aromatic carbocycles. The molecule has 1 aliphatic carbocycles. The standard InChI is InChI=1S/C67H44N2O/c1-4-16-45(17-5-1)46-28-34-51(35-29-46)68(54-40-41-56-55-22-10-13-25-59(55)67(60(56)44-54,49-18-6-2-7-19-49)50-20-8-3-9-21-50)52-36-30-47(31-37-52)48-32-38-53(39-33-48)69-61-26-14-11-23-57(61)65-62(69)42-43-64-66(65)58-24-12-15-27-63(58)70-64/h1-44H. The molecule has 1 aliphatic rings. The van der Waals surface area contributed by atoms with Crippen LogP contribution < -0.4 is 4.90 Å². The largest absolute Gasteiger partial charge is 0.456 e. The second-order valence-corrected chi connectivity index (χ2v) is 18.4. The van der Waals surface area contributed by atoms with E-state index in [0.717, 1.165) is 61.3 Å². The first-order chi connectivity index (χ1) is 34.7. The first-order valence-corrected chi connectivity index (χ1v) is 24.1. The van der Waals surface area contributed by atoms with Gasteiger partial charge in [-0.2, -0.15) is 0 Å². The molecule has 0 amide bonds. The SMILES string of the molecule is c1ccc(-c2ccc(N(c3ccc(-c4ccc(-n5c6ccccc6c6c7c(ccc65)oc5ccccc57)cc4)cc3)c3ccc4c(c3)C(c3ccccc3)(c3ccccc3)c3ccccc3-4)cc2)cc1. The summed E-state index contributed by atoms with van der Waals surface area (Å²) in [6, 6.07) is 97.2. The van der Waals surface area contributed by atoms with E-state index in [-0.39, 0.29) is 0 Å². The molecule has 13 aromatic rings. The Bertz CT molecular complexity index is 4040. The maximum atomic E-state index is 6.34. The molecule has 0 saturated heterocycles. The molecule has 0 N–H and O–H groups in total. The van der Waals surface area contributed by atoms with Crippen LogP contribution in [0.4, 0.5) is 17.1 Å². The summed E-state index contributed by atoms with van der Waals surface area (Å²) in [5.74, 6) is 0. The lowest BCUT2D eigenvalue weighted by Crippen LogP contribution is -2.28. The number of hydrogen-bond donors (Lipinski definition) is 0. The van der Waals surface area contributed by atoms with Crippen molar-refractivity contribution in [2.45, 2.75) is 5.41 Å². The van der Waals surface area contributed by atoms with Gasteiger partial charge in [0.15, 0.2) is 0 Å². The van der Waals surface area contributed by atoms with Gasteiger partial charge in [-0.3, -0.25) is 0 Å². The second kappa shape index (κ2) is 16.0. The zero-order valence-corrected chi connectivity index (χ0v) is 38.2. The van der Waals surface area contributed by atoms with Gasteiger partial charge in [-0.05, 0) is 128 Å². The molecular formula is C67H44N2O. The van der Waals surface area contributed by atoms with Crippen LogP contribution in [0.3, 0.4) is 0 Å². The Balaban J connectivity index is 0.882. The van der Waals surface area contributed by atoms with Gasteiger partial charge in [0.05, 0.1) is 16.4 Å². The highest BCUT2D eigenvalue weighted by atomic mass is 16.3. The Kier molecular flexibility index (Phi) is 9.11. The smallest absolute Gasteiger partial charge is 0.136 e. The molecule has 2 heterocycles. The van der Waals surface area contributed by atoms with Gasteiger partial charge in [0, 0.05) is 44.3 Å². The van der Waals surface area contributed by atoms with E-state index in [4.69, 9.17) is 4.42 Å². The minimum absolute atomic E-state index is 0.511. The fraction of sp³-hybridized carbons (Fsp3) is 0.0149. The van der Waals surface area contributed by atoms with Crippen molar-refractivity contribution < 1.29 is 4.42 Å². The molecule has 0 fully saturated rings. The highest BCUT2D eigenvalue weighted by molar-refractivity contribution is 6.27. The molecule has 0 saturated carbocycles. The van der Waals surface area contributed by atoms with E-state index in [1.807, 2.05) is 6.07 Å². The highest BCUT2D eigenvalue weighted by Crippen LogP contribution is 2.57. The lowest BCUT2D eigenvalue weighted by molar-refractivity contribution is 0.669. The summed E-state index contributed by atoms with van der Waals surface area (Å²) >= 11 is 0. The Labute approximate surface area is 406 Å². The fourth-order valence-corrected chi connectivity index (χ4v) is 11.6. The average Bonchev–Trinajstić information content (AvgIpc) is 4.08. The second-order valence-electron chi connectivity index (χ2n) is 18.4. The predicted octanol–water partition coefficient (Wildman–Crippen LogP) is 17.8. The minimum Gasteiger partial charge on any atom is -0.456 e. The molecule has 3 heteroatoms. The monoisotopic (exact) mass is 892 g/mol. The van der Waals surface area contributed by atoms with Gasteiger partial charge in [0.2, 0.25) is 0 Å². The molecule has 2 aromatic heterocycles. The van der Waals surface area contributed by atoms with Crippen LogP contribution in [0.1, 0.15) is 22.3 Å². The zero-order chi connectivity index (χ0) is 46.2. The Morgan fingerprint density at radius 1 is 0.329 bits per heavy atom. The summed E-state index contributed by atoms with van der Waals surface area (Å²) in [6.07, 6.45) is 0. The molecule has 0 aliphatic heterocycles. The van der Waals surface area contributed by atoms with Crippen LogP contribution in [-0.2, 0) is 5.41 Å². The van der Waals surface area contributed by atoms with Crippen molar-refractivity contribution in [3.05, 3.63) is 289 Å². The summed E-state index contributed by atoms with van der Waals surface area (Å²) in [4.78, 5) is 2.41. The number of fused-ring (bicyclic) bond motifs is 10. The van der Waals surface area contributed by atoms with Gasteiger partial charge in [0.25, 0.3) is 0 Å². The summed E-state index contributed by atoms with van der Waals surface area (Å²) in [6.45, 7) is 0. The summed E-state index contributed by atoms with van der Waals surface area (Å²) in [7, 11) is 0. The lowest BCUT2D eigenvalue weighted by atomic mass is 9.67. The van der Waals surface area contributed by atoms with Crippen molar-refractivity contribution in [2.24, 2.45) is 0 Å². The molecule has 0 atom stereocenters. The molecular weight excluding hydrogens is 849 g/mol. The lowest BCUT2D eigenvalue weighted by Gasteiger charge is -2.35. The van der Waals surface area contributed by atoms with E-state index in [1.54, 1.807) is 0 Å². The number of anilines is 3. The molecule has 328 valence electrons. The van der Waals surface area contributed by atoms with Gasteiger partial charge in [0.1, 0.15) is 11.2 Å².